The van der Waals surface area contributed by atoms with Gasteiger partial charge in [0.05, 0.1) is 13.3 Å². The van der Waals surface area contributed by atoms with Crippen molar-refractivity contribution in [2.45, 2.75) is 6.42 Å². The maximum atomic E-state index is 10.2. The predicted molar refractivity (Wildman–Crippen MR) is 60.1 cm³/mol. The molecular weight excluding hydrogens is 220 g/mol. The van der Waals surface area contributed by atoms with Gasteiger partial charge in [-0.1, -0.05) is 17.3 Å². The lowest BCUT2D eigenvalue weighted by Gasteiger charge is -2.02. The van der Waals surface area contributed by atoms with Crippen molar-refractivity contribution < 1.29 is 14.1 Å². The quantitative estimate of drug-likeness (QED) is 0.596. The molecule has 0 fully saturated rings. The number of carbonyl (C=O) groups excluding carboxylic acids is 1. The van der Waals surface area contributed by atoms with E-state index in [1.165, 1.54) is 12.3 Å². The Morgan fingerprint density at radius 3 is 3.18 bits per heavy atom. The van der Waals surface area contributed by atoms with Crippen LogP contribution in [0.25, 0.3) is 0 Å². The highest BCUT2D eigenvalue weighted by Crippen LogP contribution is 2.22. The molecule has 0 saturated heterocycles. The topological polar surface area (TPSA) is 64.7 Å². The number of benzene rings is 1. The first-order chi connectivity index (χ1) is 8.33. The van der Waals surface area contributed by atoms with Crippen molar-refractivity contribution >= 4 is 11.8 Å². The molecular formula is C12H10N2O3. The number of hydrogen-bond donors (Lipinski definition) is 0. The van der Waals surface area contributed by atoms with Crippen LogP contribution >= 0.6 is 0 Å². The van der Waals surface area contributed by atoms with Crippen LogP contribution in [-0.2, 0) is 11.2 Å². The lowest BCUT2D eigenvalue weighted by Crippen LogP contribution is -1.88. The van der Waals surface area contributed by atoms with Crippen molar-refractivity contribution in [3.05, 3.63) is 41.8 Å². The molecule has 0 atom stereocenters. The normalized spacial score (nSPS) is 9.71. The van der Waals surface area contributed by atoms with Crippen LogP contribution in [-0.4, -0.2) is 18.3 Å². The van der Waals surface area contributed by atoms with Crippen molar-refractivity contribution in [1.82, 2.24) is 5.16 Å². The largest absolute Gasteiger partial charge is 0.497 e. The number of isocyanates is 1. The number of methoxy groups -OCH3 is 1. The average Bonchev–Trinajstić information content (AvgIpc) is 2.78. The van der Waals surface area contributed by atoms with Crippen LogP contribution in [0.4, 0.5) is 5.69 Å². The summed E-state index contributed by atoms with van der Waals surface area (Å²) in [6.07, 6.45) is 3.36. The Morgan fingerprint density at radius 1 is 1.53 bits per heavy atom. The number of nitrogens with zero attached hydrogens (tertiary/aromatic N) is 2. The second-order valence-corrected chi connectivity index (χ2v) is 3.37. The number of rotatable bonds is 4. The fraction of sp³-hybridized carbons (Fsp3) is 0.167. The zero-order valence-corrected chi connectivity index (χ0v) is 9.21. The molecule has 0 aliphatic heterocycles. The van der Waals surface area contributed by atoms with E-state index in [0.717, 1.165) is 11.3 Å². The fourth-order valence-electron chi connectivity index (χ4n) is 1.49. The van der Waals surface area contributed by atoms with Gasteiger partial charge in [-0.3, -0.25) is 0 Å². The summed E-state index contributed by atoms with van der Waals surface area (Å²) in [7, 11) is 1.61. The Bertz CT molecular complexity index is 556. The highest BCUT2D eigenvalue weighted by Gasteiger charge is 2.08. The smallest absolute Gasteiger partial charge is 0.240 e. The molecule has 0 bridgehead atoms. The van der Waals surface area contributed by atoms with Crippen molar-refractivity contribution in [3.63, 3.8) is 0 Å². The van der Waals surface area contributed by atoms with Gasteiger partial charge >= 0.3 is 0 Å². The van der Waals surface area contributed by atoms with Crippen molar-refractivity contribution in [2.75, 3.05) is 7.11 Å². The summed E-state index contributed by atoms with van der Waals surface area (Å²) < 4.78 is 10.2. The molecule has 1 heterocycles. The lowest BCUT2D eigenvalue weighted by molar-refractivity contribution is 0.389. The van der Waals surface area contributed by atoms with E-state index in [2.05, 4.69) is 10.1 Å². The maximum absolute atomic E-state index is 10.2. The first-order valence-corrected chi connectivity index (χ1v) is 4.98. The van der Waals surface area contributed by atoms with Gasteiger partial charge in [-0.05, 0) is 17.7 Å². The van der Waals surface area contributed by atoms with Gasteiger partial charge in [-0.2, -0.15) is 4.99 Å². The molecule has 0 spiro atoms. The first-order valence-electron chi connectivity index (χ1n) is 4.98. The summed E-state index contributed by atoms with van der Waals surface area (Å²) in [6.45, 7) is 0. The Morgan fingerprint density at radius 2 is 2.41 bits per heavy atom. The molecule has 0 radical (unpaired) electrons. The van der Waals surface area contributed by atoms with E-state index in [-0.39, 0.29) is 0 Å². The summed E-state index contributed by atoms with van der Waals surface area (Å²) in [4.78, 5) is 13.7. The summed E-state index contributed by atoms with van der Waals surface area (Å²) in [5, 5.41) is 3.60. The van der Waals surface area contributed by atoms with Gasteiger partial charge in [-0.25, -0.2) is 4.79 Å². The molecule has 0 aliphatic rings. The third-order valence-corrected chi connectivity index (χ3v) is 2.29. The van der Waals surface area contributed by atoms with Crippen LogP contribution in [0.15, 0.2) is 40.0 Å². The van der Waals surface area contributed by atoms with E-state index in [0.29, 0.717) is 17.9 Å². The fourth-order valence-corrected chi connectivity index (χ4v) is 1.49. The van der Waals surface area contributed by atoms with E-state index in [1.807, 2.05) is 24.3 Å². The van der Waals surface area contributed by atoms with Crippen molar-refractivity contribution in [1.29, 1.82) is 0 Å². The summed E-state index contributed by atoms with van der Waals surface area (Å²) >= 11 is 0. The minimum Gasteiger partial charge on any atom is -0.497 e. The SMILES string of the molecule is COc1cccc(Cc2oncc2N=C=O)c1. The minimum absolute atomic E-state index is 0.405. The van der Waals surface area contributed by atoms with Crippen LogP contribution in [0.2, 0.25) is 0 Å². The van der Waals surface area contributed by atoms with E-state index < -0.39 is 0 Å². The van der Waals surface area contributed by atoms with E-state index in [9.17, 15) is 4.79 Å². The molecule has 5 heteroatoms. The Labute approximate surface area is 97.7 Å². The highest BCUT2D eigenvalue weighted by molar-refractivity contribution is 5.50. The molecule has 1 aromatic heterocycles. The summed E-state index contributed by atoms with van der Waals surface area (Å²) in [5.74, 6) is 1.30. The number of ether oxygens (including phenoxy) is 1. The summed E-state index contributed by atoms with van der Waals surface area (Å²) in [5.41, 5.74) is 1.39. The minimum atomic E-state index is 0.405. The second-order valence-electron chi connectivity index (χ2n) is 3.37. The Hall–Kier alpha value is -2.39. The van der Waals surface area contributed by atoms with Gasteiger partial charge in [0.25, 0.3) is 0 Å². The molecule has 17 heavy (non-hydrogen) atoms. The average molecular weight is 230 g/mol. The first kappa shape index (κ1) is 11.1. The van der Waals surface area contributed by atoms with Crippen LogP contribution in [0.5, 0.6) is 5.75 Å². The number of hydrogen-bond acceptors (Lipinski definition) is 5. The highest BCUT2D eigenvalue weighted by atomic mass is 16.5. The van der Waals surface area contributed by atoms with E-state index >= 15 is 0 Å². The zero-order chi connectivity index (χ0) is 12.1. The molecule has 0 saturated carbocycles. The van der Waals surface area contributed by atoms with Gasteiger partial charge in [0.15, 0.2) is 5.76 Å². The third kappa shape index (κ3) is 2.59. The molecule has 1 aromatic carbocycles. The molecule has 2 aromatic rings. The monoisotopic (exact) mass is 230 g/mol. The number of aliphatic imine (C=N–C) groups is 1. The molecule has 2 rings (SSSR count). The molecule has 5 nitrogen and oxygen atoms in total. The molecule has 86 valence electrons. The van der Waals surface area contributed by atoms with Gasteiger partial charge in [0.2, 0.25) is 6.08 Å². The van der Waals surface area contributed by atoms with Crippen molar-refractivity contribution in [3.8, 4) is 5.75 Å². The van der Waals surface area contributed by atoms with Crippen molar-refractivity contribution in [2.24, 2.45) is 4.99 Å². The van der Waals surface area contributed by atoms with Gasteiger partial charge in [0.1, 0.15) is 11.4 Å². The van der Waals surface area contributed by atoms with Crippen LogP contribution in [0.1, 0.15) is 11.3 Å². The van der Waals surface area contributed by atoms with Crippen LogP contribution in [0, 0.1) is 0 Å². The van der Waals surface area contributed by atoms with E-state index in [4.69, 9.17) is 9.26 Å². The lowest BCUT2D eigenvalue weighted by atomic mass is 10.1. The Balaban J connectivity index is 2.24. The van der Waals surface area contributed by atoms with Gasteiger partial charge in [0, 0.05) is 6.42 Å². The van der Waals surface area contributed by atoms with Gasteiger partial charge in [-0.15, -0.1) is 0 Å². The molecule has 0 aliphatic carbocycles. The number of aromatic nitrogens is 1. The Kier molecular flexibility index (Phi) is 3.33. The molecule has 0 amide bonds. The maximum Gasteiger partial charge on any atom is 0.240 e. The third-order valence-electron chi connectivity index (χ3n) is 2.29. The second kappa shape index (κ2) is 5.09. The molecule has 0 N–H and O–H groups in total. The van der Waals surface area contributed by atoms with Gasteiger partial charge < -0.3 is 9.26 Å². The predicted octanol–water partition coefficient (Wildman–Crippen LogP) is 2.24. The zero-order valence-electron chi connectivity index (χ0n) is 9.21. The van der Waals surface area contributed by atoms with Crippen LogP contribution < -0.4 is 4.74 Å². The summed E-state index contributed by atoms with van der Waals surface area (Å²) in [6, 6.07) is 7.55. The molecule has 0 unspecified atom stereocenters. The van der Waals surface area contributed by atoms with E-state index in [1.54, 1.807) is 7.11 Å². The standard InChI is InChI=1S/C12H10N2O3/c1-16-10-4-2-3-9(5-10)6-12-11(13-8-15)7-14-17-12/h2-5,7H,6H2,1H3. The van der Waals surface area contributed by atoms with Crippen LogP contribution in [0.3, 0.4) is 0 Å².